The zero-order valence-corrected chi connectivity index (χ0v) is 13.6. The van der Waals surface area contributed by atoms with Gasteiger partial charge in [0.15, 0.2) is 0 Å². The van der Waals surface area contributed by atoms with E-state index in [0.717, 1.165) is 10.9 Å². The molecular weight excluding hydrogens is 326 g/mol. The molecule has 0 aliphatic carbocycles. The van der Waals surface area contributed by atoms with Gasteiger partial charge in [-0.05, 0) is 24.3 Å². The van der Waals surface area contributed by atoms with Crippen molar-refractivity contribution >= 4 is 28.2 Å². The van der Waals surface area contributed by atoms with Gasteiger partial charge in [0, 0.05) is 17.8 Å². The molecule has 2 aromatic carbocycles. The molecule has 3 rings (SSSR count). The molecule has 6 heteroatoms. The van der Waals surface area contributed by atoms with Gasteiger partial charge < -0.3 is 10.6 Å². The quantitative estimate of drug-likeness (QED) is 0.559. The van der Waals surface area contributed by atoms with Crippen LogP contribution in [0.1, 0.15) is 5.56 Å². The van der Waals surface area contributed by atoms with Crippen molar-refractivity contribution < 1.29 is 4.79 Å². The number of hydrogen-bond donors (Lipinski definition) is 2. The first kappa shape index (κ1) is 16.7. The average molecular weight is 339 g/mol. The molecule has 1 heterocycles. The van der Waals surface area contributed by atoms with Gasteiger partial charge in [0.25, 0.3) is 5.91 Å². The third-order valence-corrected chi connectivity index (χ3v) is 3.67. The summed E-state index contributed by atoms with van der Waals surface area (Å²) in [6.07, 6.45) is 3.00. The third kappa shape index (κ3) is 3.50. The molecule has 26 heavy (non-hydrogen) atoms. The number of nitriles is 2. The highest BCUT2D eigenvalue weighted by molar-refractivity contribution is 6.07. The standard InChI is InChI=1S/C20H13N5O/c21-11-15-5-1-2-8-17(15)25-20(26)16(12-22)13-24-18-9-3-6-14-7-4-10-23-19(14)18/h1-10,13,24H,(H,25,26)/b16-13-. The summed E-state index contributed by atoms with van der Waals surface area (Å²) in [5.74, 6) is -0.601. The van der Waals surface area contributed by atoms with Crippen molar-refractivity contribution in [1.82, 2.24) is 4.98 Å². The molecule has 0 radical (unpaired) electrons. The Bertz CT molecular complexity index is 1080. The van der Waals surface area contributed by atoms with Crippen LogP contribution < -0.4 is 10.6 Å². The van der Waals surface area contributed by atoms with Crippen LogP contribution in [0, 0.1) is 22.7 Å². The van der Waals surface area contributed by atoms with Gasteiger partial charge in [0.2, 0.25) is 0 Å². The van der Waals surface area contributed by atoms with Crippen molar-refractivity contribution in [2.75, 3.05) is 10.6 Å². The Morgan fingerprint density at radius 1 is 1.00 bits per heavy atom. The van der Waals surface area contributed by atoms with Crippen LogP contribution in [0.3, 0.4) is 0 Å². The van der Waals surface area contributed by atoms with Gasteiger partial charge in [0.1, 0.15) is 17.7 Å². The van der Waals surface area contributed by atoms with Crippen molar-refractivity contribution in [3.05, 3.63) is 78.1 Å². The minimum Gasteiger partial charge on any atom is -0.358 e. The topological polar surface area (TPSA) is 102 Å². The summed E-state index contributed by atoms with van der Waals surface area (Å²) >= 11 is 0. The van der Waals surface area contributed by atoms with Crippen LogP contribution in [0.2, 0.25) is 0 Å². The second-order valence-corrected chi connectivity index (χ2v) is 5.31. The molecular formula is C20H13N5O. The van der Waals surface area contributed by atoms with E-state index in [4.69, 9.17) is 5.26 Å². The number of rotatable bonds is 4. The maximum absolute atomic E-state index is 12.3. The van der Waals surface area contributed by atoms with E-state index in [9.17, 15) is 10.1 Å². The molecule has 1 aromatic heterocycles. The van der Waals surface area contributed by atoms with Crippen molar-refractivity contribution in [3.63, 3.8) is 0 Å². The Kier molecular flexibility index (Phi) is 4.88. The number of para-hydroxylation sites is 2. The van der Waals surface area contributed by atoms with Gasteiger partial charge >= 0.3 is 0 Å². The Balaban J connectivity index is 1.83. The number of nitrogens with zero attached hydrogens (tertiary/aromatic N) is 3. The highest BCUT2D eigenvalue weighted by atomic mass is 16.1. The van der Waals surface area contributed by atoms with E-state index in [1.54, 1.807) is 30.5 Å². The fourth-order valence-electron chi connectivity index (χ4n) is 2.40. The van der Waals surface area contributed by atoms with Gasteiger partial charge in [-0.2, -0.15) is 10.5 Å². The van der Waals surface area contributed by atoms with Crippen molar-refractivity contribution in [3.8, 4) is 12.1 Å². The molecule has 0 saturated carbocycles. The van der Waals surface area contributed by atoms with E-state index in [0.29, 0.717) is 16.9 Å². The fourth-order valence-corrected chi connectivity index (χ4v) is 2.40. The normalized spacial score (nSPS) is 10.6. The molecule has 6 nitrogen and oxygen atoms in total. The molecule has 0 spiro atoms. The Morgan fingerprint density at radius 3 is 2.58 bits per heavy atom. The molecule has 0 aliphatic heterocycles. The van der Waals surface area contributed by atoms with Crippen molar-refractivity contribution in [2.24, 2.45) is 0 Å². The van der Waals surface area contributed by atoms with E-state index in [1.807, 2.05) is 42.5 Å². The summed E-state index contributed by atoms with van der Waals surface area (Å²) < 4.78 is 0. The number of fused-ring (bicyclic) bond motifs is 1. The SMILES string of the molecule is N#C/C(=C/Nc1cccc2cccnc12)C(=O)Nc1ccccc1C#N. The van der Waals surface area contributed by atoms with Crippen LogP contribution in [0.15, 0.2) is 72.6 Å². The second kappa shape index (κ2) is 7.61. The van der Waals surface area contributed by atoms with Gasteiger partial charge in [-0.3, -0.25) is 9.78 Å². The number of carbonyl (C=O) groups excluding carboxylic acids is 1. The molecule has 0 saturated heterocycles. The summed E-state index contributed by atoms with van der Waals surface area (Å²) in [5, 5.41) is 24.9. The predicted molar refractivity (Wildman–Crippen MR) is 98.8 cm³/mol. The minimum atomic E-state index is -0.601. The molecule has 2 N–H and O–H groups in total. The van der Waals surface area contributed by atoms with Crippen LogP contribution in [0.5, 0.6) is 0 Å². The molecule has 0 aliphatic rings. The monoisotopic (exact) mass is 339 g/mol. The lowest BCUT2D eigenvalue weighted by Gasteiger charge is -2.07. The zero-order valence-electron chi connectivity index (χ0n) is 13.6. The number of hydrogen-bond acceptors (Lipinski definition) is 5. The third-order valence-electron chi connectivity index (χ3n) is 3.67. The van der Waals surface area contributed by atoms with E-state index in [1.165, 1.54) is 6.20 Å². The van der Waals surface area contributed by atoms with Gasteiger partial charge in [-0.25, -0.2) is 0 Å². The Morgan fingerprint density at radius 2 is 1.77 bits per heavy atom. The number of amides is 1. The minimum absolute atomic E-state index is 0.120. The van der Waals surface area contributed by atoms with E-state index in [2.05, 4.69) is 15.6 Å². The maximum atomic E-state index is 12.3. The molecule has 0 atom stereocenters. The molecule has 0 fully saturated rings. The average Bonchev–Trinajstić information content (AvgIpc) is 2.69. The van der Waals surface area contributed by atoms with Crippen LogP contribution in [0.4, 0.5) is 11.4 Å². The van der Waals surface area contributed by atoms with Gasteiger partial charge in [0.05, 0.1) is 22.5 Å². The first-order chi connectivity index (χ1) is 12.7. The summed E-state index contributed by atoms with van der Waals surface area (Å²) in [6, 6.07) is 19.8. The van der Waals surface area contributed by atoms with E-state index < -0.39 is 5.91 Å². The number of aromatic nitrogens is 1. The highest BCUT2D eigenvalue weighted by Crippen LogP contribution is 2.21. The van der Waals surface area contributed by atoms with E-state index >= 15 is 0 Å². The first-order valence-corrected chi connectivity index (χ1v) is 7.74. The number of benzene rings is 2. The Hall–Kier alpha value is -4.16. The highest BCUT2D eigenvalue weighted by Gasteiger charge is 2.12. The summed E-state index contributed by atoms with van der Waals surface area (Å²) in [5.41, 5.74) is 1.97. The largest absolute Gasteiger partial charge is 0.358 e. The predicted octanol–water partition coefficient (Wildman–Crippen LogP) is 3.56. The summed E-state index contributed by atoms with van der Waals surface area (Å²) in [7, 11) is 0. The van der Waals surface area contributed by atoms with E-state index in [-0.39, 0.29) is 5.57 Å². The maximum Gasteiger partial charge on any atom is 0.267 e. The lowest BCUT2D eigenvalue weighted by atomic mass is 10.2. The smallest absolute Gasteiger partial charge is 0.267 e. The Labute approximate surface area is 150 Å². The number of anilines is 2. The molecule has 0 bridgehead atoms. The number of carbonyl (C=O) groups is 1. The molecule has 124 valence electrons. The number of pyridine rings is 1. The summed E-state index contributed by atoms with van der Waals surface area (Å²) in [4.78, 5) is 16.6. The summed E-state index contributed by atoms with van der Waals surface area (Å²) in [6.45, 7) is 0. The molecule has 1 amide bonds. The van der Waals surface area contributed by atoms with Crippen molar-refractivity contribution in [1.29, 1.82) is 10.5 Å². The first-order valence-electron chi connectivity index (χ1n) is 7.74. The lowest BCUT2D eigenvalue weighted by molar-refractivity contribution is -0.112. The van der Waals surface area contributed by atoms with Crippen LogP contribution in [0.25, 0.3) is 10.9 Å². The number of nitrogens with one attached hydrogen (secondary N) is 2. The molecule has 0 unspecified atom stereocenters. The van der Waals surface area contributed by atoms with Crippen molar-refractivity contribution in [2.45, 2.75) is 0 Å². The van der Waals surface area contributed by atoms with Crippen LogP contribution in [-0.4, -0.2) is 10.9 Å². The lowest BCUT2D eigenvalue weighted by Crippen LogP contribution is -2.15. The second-order valence-electron chi connectivity index (χ2n) is 5.31. The van der Waals surface area contributed by atoms with Gasteiger partial charge in [-0.1, -0.05) is 30.3 Å². The van der Waals surface area contributed by atoms with Crippen LogP contribution in [-0.2, 0) is 4.79 Å². The zero-order chi connectivity index (χ0) is 18.4. The van der Waals surface area contributed by atoms with Gasteiger partial charge in [-0.15, -0.1) is 0 Å². The fraction of sp³-hybridized carbons (Fsp3) is 0. The molecule has 3 aromatic rings. The van der Waals surface area contributed by atoms with Crippen LogP contribution >= 0.6 is 0 Å².